The molecule has 0 spiro atoms. The van der Waals surface area contributed by atoms with Crippen LogP contribution in [0.2, 0.25) is 0 Å². The summed E-state index contributed by atoms with van der Waals surface area (Å²) in [5.41, 5.74) is 0. The first kappa shape index (κ1) is 80.1. The van der Waals surface area contributed by atoms with Crippen molar-refractivity contribution in [3.63, 3.8) is 0 Å². The lowest BCUT2D eigenvalue weighted by molar-refractivity contribution is -0.305. The average Bonchev–Trinajstić information content (AvgIpc) is 3.60. The zero-order valence-electron chi connectivity index (χ0n) is 55.0. The van der Waals surface area contributed by atoms with Gasteiger partial charge in [0.25, 0.3) is 0 Å². The van der Waals surface area contributed by atoms with Gasteiger partial charge in [-0.1, -0.05) is 318 Å². The van der Waals surface area contributed by atoms with E-state index in [1.807, 2.05) is 6.08 Å². The molecule has 1 rings (SSSR count). The third kappa shape index (κ3) is 48.7. The minimum absolute atomic E-state index is 0.123. The minimum atomic E-state index is -1.62. The molecular weight excluding hydrogens is 1060 g/mol. The van der Waals surface area contributed by atoms with E-state index in [0.717, 1.165) is 96.3 Å². The molecule has 0 aromatic heterocycles. The van der Waals surface area contributed by atoms with E-state index >= 15 is 0 Å². The van der Waals surface area contributed by atoms with Crippen molar-refractivity contribution in [2.75, 3.05) is 13.2 Å². The number of carbonyl (C=O) groups excluding carboxylic acids is 2. The van der Waals surface area contributed by atoms with Gasteiger partial charge in [-0.2, -0.15) is 0 Å². The van der Waals surface area contributed by atoms with Gasteiger partial charge < -0.3 is 45.1 Å². The monoisotopic (exact) mass is 1200 g/mol. The highest BCUT2D eigenvalue weighted by Gasteiger charge is 2.47. The molecule has 1 heterocycles. The molecule has 1 aliphatic rings. The number of aliphatic hydroxyl groups excluding tert-OH is 5. The molecule has 0 bridgehead atoms. The van der Waals surface area contributed by atoms with Gasteiger partial charge in [0.1, 0.15) is 24.4 Å². The molecule has 8 unspecified atom stereocenters. The van der Waals surface area contributed by atoms with E-state index in [0.29, 0.717) is 12.8 Å². The predicted molar refractivity (Wildman–Crippen MR) is 356 cm³/mol. The number of hydrogen-bond acceptors (Lipinski definition) is 10. The second-order valence-corrected chi connectivity index (χ2v) is 24.6. The second kappa shape index (κ2) is 61.3. The van der Waals surface area contributed by atoms with E-state index in [9.17, 15) is 35.1 Å². The molecular formula is C74H133NO10. The Morgan fingerprint density at radius 2 is 0.847 bits per heavy atom. The van der Waals surface area contributed by atoms with Crippen molar-refractivity contribution in [3.05, 3.63) is 72.9 Å². The quantitative estimate of drug-likeness (QED) is 0.0195. The molecule has 8 atom stereocenters. The van der Waals surface area contributed by atoms with E-state index in [-0.39, 0.29) is 19.4 Å². The van der Waals surface area contributed by atoms with Crippen LogP contribution in [-0.2, 0) is 23.8 Å². The highest BCUT2D eigenvalue weighted by atomic mass is 16.7. The Morgan fingerprint density at radius 1 is 0.471 bits per heavy atom. The molecule has 0 saturated carbocycles. The first-order valence-electron chi connectivity index (χ1n) is 35.7. The van der Waals surface area contributed by atoms with Crippen molar-refractivity contribution in [1.82, 2.24) is 5.32 Å². The highest BCUT2D eigenvalue weighted by Crippen LogP contribution is 2.26. The molecule has 1 amide bonds. The van der Waals surface area contributed by atoms with Gasteiger partial charge in [0.05, 0.1) is 25.4 Å². The maximum absolute atomic E-state index is 13.5. The van der Waals surface area contributed by atoms with Crippen LogP contribution in [0.3, 0.4) is 0 Å². The number of unbranched alkanes of at least 4 members (excludes halogenated alkanes) is 37. The zero-order chi connectivity index (χ0) is 61.7. The first-order chi connectivity index (χ1) is 41.7. The normalized spacial score (nSPS) is 18.8. The summed E-state index contributed by atoms with van der Waals surface area (Å²) in [4.78, 5) is 26.7. The summed E-state index contributed by atoms with van der Waals surface area (Å²) in [6.07, 6.45) is 69.5. The van der Waals surface area contributed by atoms with Crippen molar-refractivity contribution in [2.45, 2.75) is 372 Å². The van der Waals surface area contributed by atoms with Crippen molar-refractivity contribution < 1.29 is 49.3 Å². The van der Waals surface area contributed by atoms with Crippen LogP contribution in [-0.4, -0.2) is 99.6 Å². The molecule has 1 aliphatic heterocycles. The molecule has 0 aliphatic carbocycles. The van der Waals surface area contributed by atoms with Crippen LogP contribution in [0.25, 0.3) is 0 Å². The largest absolute Gasteiger partial charge is 0.454 e. The number of esters is 1. The maximum Gasteiger partial charge on any atom is 0.306 e. The van der Waals surface area contributed by atoms with Crippen LogP contribution < -0.4 is 5.32 Å². The summed E-state index contributed by atoms with van der Waals surface area (Å²) in [6.45, 7) is 5.70. The zero-order valence-corrected chi connectivity index (χ0v) is 55.0. The Balaban J connectivity index is 2.55. The number of hydrogen-bond donors (Lipinski definition) is 6. The van der Waals surface area contributed by atoms with Gasteiger partial charge in [-0.25, -0.2) is 0 Å². The van der Waals surface area contributed by atoms with Crippen molar-refractivity contribution in [2.24, 2.45) is 0 Å². The Hall–Kier alpha value is -2.90. The number of allylic oxidation sites excluding steroid dienone is 11. The van der Waals surface area contributed by atoms with E-state index in [1.165, 1.54) is 180 Å². The van der Waals surface area contributed by atoms with Gasteiger partial charge >= 0.3 is 5.97 Å². The summed E-state index contributed by atoms with van der Waals surface area (Å²) in [7, 11) is 0. The van der Waals surface area contributed by atoms with E-state index in [2.05, 4.69) is 86.8 Å². The number of nitrogens with one attached hydrogen (secondary N) is 1. The van der Waals surface area contributed by atoms with Crippen molar-refractivity contribution >= 4 is 11.9 Å². The van der Waals surface area contributed by atoms with Gasteiger partial charge in [0.15, 0.2) is 12.4 Å². The maximum atomic E-state index is 13.5. The Bertz CT molecular complexity index is 1660. The lowest BCUT2D eigenvalue weighted by atomic mass is 9.99. The summed E-state index contributed by atoms with van der Waals surface area (Å²) in [5.74, 6) is -1.21. The fourth-order valence-electron chi connectivity index (χ4n) is 11.0. The molecule has 11 nitrogen and oxygen atoms in total. The SMILES string of the molecule is CC/C=C\C/C=C\C/C=C\C/C=C\C/C=C\CCCCCCC(O)C(=O)NC(COC1OC(CO)C(O)C(O)C1OC(=O)CCCCCCCCCCCCCCCCCCCCCCCCCCC)C(O)/C=C/CCCCCCCCCCC. The van der Waals surface area contributed by atoms with Gasteiger partial charge in [-0.15, -0.1) is 0 Å². The summed E-state index contributed by atoms with van der Waals surface area (Å²) in [6, 6.07) is -1.04. The molecule has 0 aromatic carbocycles. The molecule has 494 valence electrons. The first-order valence-corrected chi connectivity index (χ1v) is 35.7. The fraction of sp³-hybridized carbons (Fsp3) is 0.811. The molecule has 11 heteroatoms. The number of ether oxygens (including phenoxy) is 3. The lowest BCUT2D eigenvalue weighted by Crippen LogP contribution is -2.61. The fourth-order valence-corrected chi connectivity index (χ4v) is 11.0. The van der Waals surface area contributed by atoms with Gasteiger partial charge in [-0.05, 0) is 70.6 Å². The number of aliphatic hydroxyl groups is 5. The van der Waals surface area contributed by atoms with E-state index in [4.69, 9.17) is 14.2 Å². The minimum Gasteiger partial charge on any atom is -0.454 e. The number of amides is 1. The topological polar surface area (TPSA) is 175 Å². The Morgan fingerprint density at radius 3 is 1.27 bits per heavy atom. The average molecular weight is 1200 g/mol. The smallest absolute Gasteiger partial charge is 0.306 e. The van der Waals surface area contributed by atoms with Crippen molar-refractivity contribution in [3.8, 4) is 0 Å². The van der Waals surface area contributed by atoms with Crippen LogP contribution in [0.5, 0.6) is 0 Å². The standard InChI is InChI=1S/C74H133NO10/c1-4-7-10-13-16-19-22-24-26-28-30-32-33-34-35-36-38-40-42-44-47-50-53-56-59-62-69(79)85-72-71(81)70(80)68(63-76)84-74(72)83-64-65(66(77)60-57-54-51-48-45-21-18-15-12-9-6-3)75-73(82)67(78)61-58-55-52-49-46-43-41-39-37-31-29-27-25-23-20-17-14-11-8-5-2/h8,11,17,20,25,27,31,37,41,43,57,60,65-68,70-72,74,76-78,80-81H,4-7,9-10,12-16,18-19,21-24,26,28-30,32-36,38-40,42,44-56,58-59,61-64H2,1-3H3,(H,75,82)/b11-8-,20-17-,27-25-,37-31-,43-41-,60-57+. The van der Waals surface area contributed by atoms with E-state index in [1.54, 1.807) is 6.08 Å². The van der Waals surface area contributed by atoms with Gasteiger partial charge in [0, 0.05) is 6.42 Å². The highest BCUT2D eigenvalue weighted by molar-refractivity contribution is 5.80. The molecule has 0 radical (unpaired) electrons. The lowest BCUT2D eigenvalue weighted by Gasteiger charge is -2.41. The Labute approximate surface area is 521 Å². The third-order valence-electron chi connectivity index (χ3n) is 16.6. The molecule has 1 fully saturated rings. The predicted octanol–water partition coefficient (Wildman–Crippen LogP) is 18.3. The molecule has 85 heavy (non-hydrogen) atoms. The van der Waals surface area contributed by atoms with Crippen LogP contribution in [0.1, 0.15) is 323 Å². The molecule has 6 N–H and O–H groups in total. The van der Waals surface area contributed by atoms with Crippen LogP contribution in [0, 0.1) is 0 Å². The summed E-state index contributed by atoms with van der Waals surface area (Å²) >= 11 is 0. The number of rotatable bonds is 61. The molecule has 0 aromatic rings. The van der Waals surface area contributed by atoms with Gasteiger partial charge in [0.2, 0.25) is 5.91 Å². The Kier molecular flexibility index (Phi) is 57.8. The van der Waals surface area contributed by atoms with Crippen LogP contribution in [0.4, 0.5) is 0 Å². The van der Waals surface area contributed by atoms with E-state index < -0.39 is 67.4 Å². The van der Waals surface area contributed by atoms with Crippen molar-refractivity contribution in [1.29, 1.82) is 0 Å². The molecule has 1 saturated heterocycles. The number of carbonyl (C=O) groups is 2. The second-order valence-electron chi connectivity index (χ2n) is 24.6. The van der Waals surface area contributed by atoms with Crippen LogP contribution >= 0.6 is 0 Å². The van der Waals surface area contributed by atoms with Crippen LogP contribution in [0.15, 0.2) is 72.9 Å². The summed E-state index contributed by atoms with van der Waals surface area (Å²) < 4.78 is 17.7. The third-order valence-corrected chi connectivity index (χ3v) is 16.6. The van der Waals surface area contributed by atoms with Gasteiger partial charge in [-0.3, -0.25) is 9.59 Å². The summed E-state index contributed by atoms with van der Waals surface area (Å²) in [5, 5.41) is 57.2.